The lowest BCUT2D eigenvalue weighted by Gasteiger charge is -2.19. The van der Waals surface area contributed by atoms with Crippen molar-refractivity contribution in [3.63, 3.8) is 0 Å². The van der Waals surface area contributed by atoms with Crippen LogP contribution in [0.25, 0.3) is 0 Å². The summed E-state index contributed by atoms with van der Waals surface area (Å²) in [6.45, 7) is 6.86. The lowest BCUT2D eigenvalue weighted by Crippen LogP contribution is -2.44. The van der Waals surface area contributed by atoms with Gasteiger partial charge in [-0.3, -0.25) is 4.79 Å². The minimum absolute atomic E-state index is 0.0739. The quantitative estimate of drug-likeness (QED) is 0.0531. The number of hydrogen-bond acceptors (Lipinski definition) is 7. The van der Waals surface area contributed by atoms with Crippen molar-refractivity contribution >= 4 is 18.1 Å². The monoisotopic (exact) mass is 756 g/mol. The molecule has 0 aliphatic heterocycles. The topological polar surface area (TPSA) is 124 Å². The Hall–Kier alpha value is -2.07. The van der Waals surface area contributed by atoms with E-state index in [4.69, 9.17) is 18.9 Å². The van der Waals surface area contributed by atoms with Crippen molar-refractivity contribution in [2.75, 3.05) is 53.2 Å². The van der Waals surface area contributed by atoms with E-state index in [1.165, 1.54) is 141 Å². The first kappa shape index (κ1) is 50.9. The van der Waals surface area contributed by atoms with E-state index in [1.807, 2.05) is 0 Å². The molecule has 0 rings (SSSR count). The van der Waals surface area contributed by atoms with Crippen LogP contribution in [-0.4, -0.2) is 77.4 Å². The zero-order valence-corrected chi connectivity index (χ0v) is 34.9. The molecule has 0 saturated heterocycles. The number of nitrogens with one attached hydrogen (secondary N) is 3. The number of carbonyl (C=O) groups excluding carboxylic acids is 3. The van der Waals surface area contributed by atoms with E-state index in [-0.39, 0.29) is 19.1 Å². The summed E-state index contributed by atoms with van der Waals surface area (Å²) in [5.41, 5.74) is 0. The van der Waals surface area contributed by atoms with Crippen LogP contribution in [0.15, 0.2) is 0 Å². The van der Waals surface area contributed by atoms with Gasteiger partial charge in [-0.15, -0.1) is 0 Å². The highest BCUT2D eigenvalue weighted by atomic mass is 16.6. The number of ether oxygens (including phenoxy) is 4. The number of rotatable bonds is 41. The zero-order valence-electron chi connectivity index (χ0n) is 34.9. The lowest BCUT2D eigenvalue weighted by molar-refractivity contribution is -0.122. The fourth-order valence-electron chi connectivity index (χ4n) is 6.31. The van der Waals surface area contributed by atoms with E-state index in [0.29, 0.717) is 45.8 Å². The Balaban J connectivity index is 4.23. The van der Waals surface area contributed by atoms with Crippen molar-refractivity contribution in [2.24, 2.45) is 0 Å². The van der Waals surface area contributed by atoms with Crippen LogP contribution < -0.4 is 16.0 Å². The summed E-state index contributed by atoms with van der Waals surface area (Å²) >= 11 is 0. The van der Waals surface area contributed by atoms with Crippen molar-refractivity contribution in [2.45, 2.75) is 206 Å². The van der Waals surface area contributed by atoms with Crippen molar-refractivity contribution < 1.29 is 33.3 Å². The standard InChI is InChI=1S/C43H85N3O7/c1-4-6-8-10-12-14-16-18-20-22-24-26-28-30-33-44-42(48)52-38-40(39-53-43(49)45-34-31-35-51-37-36-50-3)46-41(47)32-29-27-25-23-21-19-17-15-13-11-9-7-5-2/h40H,4-39H2,1-3H3,(H,44,48)(H,45,49)(H,46,47). The average molecular weight is 756 g/mol. The average Bonchev–Trinajstić information content (AvgIpc) is 3.15. The Kier molecular flexibility index (Phi) is 41.0. The maximum atomic E-state index is 12.7. The van der Waals surface area contributed by atoms with Crippen LogP contribution >= 0.6 is 0 Å². The van der Waals surface area contributed by atoms with E-state index in [9.17, 15) is 14.4 Å². The third-order valence-corrected chi connectivity index (χ3v) is 9.67. The normalized spacial score (nSPS) is 11.7. The molecular formula is C43H85N3O7. The van der Waals surface area contributed by atoms with Crippen molar-refractivity contribution in [1.82, 2.24) is 16.0 Å². The first-order valence-electron chi connectivity index (χ1n) is 22.2. The second-order valence-corrected chi connectivity index (χ2v) is 14.9. The minimum atomic E-state index is -0.626. The van der Waals surface area contributed by atoms with Crippen molar-refractivity contribution in [3.05, 3.63) is 0 Å². The maximum Gasteiger partial charge on any atom is 0.407 e. The number of amides is 3. The highest BCUT2D eigenvalue weighted by Gasteiger charge is 2.17. The molecule has 0 aliphatic rings. The molecule has 0 fully saturated rings. The van der Waals surface area contributed by atoms with Crippen LogP contribution in [0.1, 0.15) is 200 Å². The summed E-state index contributed by atoms with van der Waals surface area (Å²) in [5, 5.41) is 8.42. The van der Waals surface area contributed by atoms with Gasteiger partial charge in [-0.05, 0) is 19.3 Å². The number of alkyl carbamates (subject to hydrolysis) is 2. The third kappa shape index (κ3) is 40.9. The van der Waals surface area contributed by atoms with Gasteiger partial charge in [0.15, 0.2) is 0 Å². The molecule has 0 heterocycles. The van der Waals surface area contributed by atoms with Crippen LogP contribution in [-0.2, 0) is 23.7 Å². The summed E-state index contributed by atoms with van der Waals surface area (Å²) in [4.78, 5) is 37.4. The maximum absolute atomic E-state index is 12.7. The van der Waals surface area contributed by atoms with Crippen LogP contribution in [0.2, 0.25) is 0 Å². The Morgan fingerprint density at radius 3 is 1.25 bits per heavy atom. The van der Waals surface area contributed by atoms with Gasteiger partial charge in [-0.2, -0.15) is 0 Å². The first-order valence-corrected chi connectivity index (χ1v) is 22.2. The van der Waals surface area contributed by atoms with Crippen molar-refractivity contribution in [3.8, 4) is 0 Å². The van der Waals surface area contributed by atoms with Gasteiger partial charge in [0.25, 0.3) is 0 Å². The first-order chi connectivity index (χ1) is 26.0. The molecule has 3 N–H and O–H groups in total. The van der Waals surface area contributed by atoms with Crippen molar-refractivity contribution in [1.29, 1.82) is 0 Å². The number of methoxy groups -OCH3 is 1. The molecular weight excluding hydrogens is 670 g/mol. The predicted molar refractivity (Wildman–Crippen MR) is 219 cm³/mol. The molecule has 0 radical (unpaired) electrons. The highest BCUT2D eigenvalue weighted by molar-refractivity contribution is 5.76. The minimum Gasteiger partial charge on any atom is -0.447 e. The summed E-state index contributed by atoms with van der Waals surface area (Å²) in [6, 6.07) is -0.626. The molecule has 10 heteroatoms. The molecule has 0 saturated carbocycles. The molecule has 3 amide bonds. The smallest absolute Gasteiger partial charge is 0.407 e. The van der Waals surface area contributed by atoms with Gasteiger partial charge in [0.2, 0.25) is 5.91 Å². The van der Waals surface area contributed by atoms with Gasteiger partial charge in [0.05, 0.1) is 19.3 Å². The van der Waals surface area contributed by atoms with Crippen LogP contribution in [0.3, 0.4) is 0 Å². The largest absolute Gasteiger partial charge is 0.447 e. The molecule has 1 unspecified atom stereocenters. The summed E-state index contributed by atoms with van der Waals surface area (Å²) < 4.78 is 21.1. The Morgan fingerprint density at radius 1 is 0.453 bits per heavy atom. The molecule has 0 aromatic carbocycles. The zero-order chi connectivity index (χ0) is 38.7. The lowest BCUT2D eigenvalue weighted by atomic mass is 10.0. The van der Waals surface area contributed by atoms with Crippen LogP contribution in [0.5, 0.6) is 0 Å². The molecule has 0 aromatic heterocycles. The molecule has 314 valence electrons. The molecule has 1 atom stereocenters. The second-order valence-electron chi connectivity index (χ2n) is 14.9. The van der Waals surface area contributed by atoms with Gasteiger partial charge >= 0.3 is 12.2 Å². The molecule has 0 aromatic rings. The molecule has 0 bridgehead atoms. The van der Waals surface area contributed by atoms with E-state index >= 15 is 0 Å². The molecule has 53 heavy (non-hydrogen) atoms. The van der Waals surface area contributed by atoms with Gasteiger partial charge in [-0.25, -0.2) is 9.59 Å². The van der Waals surface area contributed by atoms with Crippen LogP contribution in [0, 0.1) is 0 Å². The number of unbranched alkanes of at least 4 members (excludes halogenated alkanes) is 25. The van der Waals surface area contributed by atoms with E-state index in [0.717, 1.165) is 32.1 Å². The number of hydrogen-bond donors (Lipinski definition) is 3. The highest BCUT2D eigenvalue weighted by Crippen LogP contribution is 2.14. The van der Waals surface area contributed by atoms with E-state index in [2.05, 4.69) is 29.8 Å². The Bertz CT molecular complexity index is 802. The molecule has 0 aliphatic carbocycles. The fourth-order valence-corrected chi connectivity index (χ4v) is 6.31. The van der Waals surface area contributed by atoms with Crippen LogP contribution in [0.4, 0.5) is 9.59 Å². The van der Waals surface area contributed by atoms with Gasteiger partial charge in [0, 0.05) is 33.2 Å². The fraction of sp³-hybridized carbons (Fsp3) is 0.930. The Morgan fingerprint density at radius 2 is 0.830 bits per heavy atom. The predicted octanol–water partition coefficient (Wildman–Crippen LogP) is 10.9. The summed E-state index contributed by atoms with van der Waals surface area (Å²) in [6.07, 6.45) is 34.2. The molecule has 0 spiro atoms. The van der Waals surface area contributed by atoms with E-state index < -0.39 is 18.2 Å². The van der Waals surface area contributed by atoms with Gasteiger partial charge in [-0.1, -0.05) is 174 Å². The SMILES string of the molecule is CCCCCCCCCCCCCCCCNC(=O)OCC(COC(=O)NCCCOCCOC)NC(=O)CCCCCCCCCCCCCCC. The second kappa shape index (κ2) is 42.7. The van der Waals surface area contributed by atoms with Gasteiger partial charge in [0.1, 0.15) is 13.2 Å². The third-order valence-electron chi connectivity index (χ3n) is 9.67. The van der Waals surface area contributed by atoms with E-state index in [1.54, 1.807) is 7.11 Å². The number of carbonyl (C=O) groups is 3. The Labute approximate surface area is 326 Å². The summed E-state index contributed by atoms with van der Waals surface area (Å²) in [5.74, 6) is -0.123. The summed E-state index contributed by atoms with van der Waals surface area (Å²) in [7, 11) is 1.62. The van der Waals surface area contributed by atoms with Gasteiger partial charge < -0.3 is 34.9 Å². The molecule has 10 nitrogen and oxygen atoms in total.